The molecule has 0 saturated carbocycles. The van der Waals surface area contributed by atoms with Crippen LogP contribution in [0, 0.1) is 0 Å². The number of nitrogens with zero attached hydrogens (tertiary/aromatic N) is 3. The van der Waals surface area contributed by atoms with Crippen LogP contribution in [0.5, 0.6) is 0 Å². The van der Waals surface area contributed by atoms with Crippen molar-refractivity contribution in [1.82, 2.24) is 19.9 Å². The number of hydrogen-bond acceptors (Lipinski definition) is 6. The van der Waals surface area contributed by atoms with Crippen LogP contribution in [0.3, 0.4) is 0 Å². The SMILES string of the molecule is CC1(C)OCC(CNc2ncnc3nc[nH]c23)O1. The van der Waals surface area contributed by atoms with Crippen molar-refractivity contribution >= 4 is 17.0 Å². The summed E-state index contributed by atoms with van der Waals surface area (Å²) in [6, 6.07) is 0. The first-order chi connectivity index (χ1) is 8.64. The maximum atomic E-state index is 5.71. The summed E-state index contributed by atoms with van der Waals surface area (Å²) in [6.45, 7) is 5.03. The lowest BCUT2D eigenvalue weighted by molar-refractivity contribution is -0.136. The molecule has 1 unspecified atom stereocenters. The number of H-pyrrole nitrogens is 1. The predicted octanol–water partition coefficient (Wildman–Crippen LogP) is 0.916. The molecule has 1 aliphatic rings. The molecule has 18 heavy (non-hydrogen) atoms. The number of fused-ring (bicyclic) bond motifs is 1. The molecule has 1 atom stereocenters. The quantitative estimate of drug-likeness (QED) is 0.841. The van der Waals surface area contributed by atoms with Gasteiger partial charge in [-0.25, -0.2) is 15.0 Å². The summed E-state index contributed by atoms with van der Waals surface area (Å²) in [5.74, 6) is 0.229. The van der Waals surface area contributed by atoms with E-state index in [0.717, 1.165) is 11.3 Å². The highest BCUT2D eigenvalue weighted by molar-refractivity contribution is 5.81. The minimum absolute atomic E-state index is 0.0212. The Bertz CT molecular complexity index is 553. The fourth-order valence-corrected chi connectivity index (χ4v) is 1.97. The van der Waals surface area contributed by atoms with Crippen LogP contribution in [-0.2, 0) is 9.47 Å². The monoisotopic (exact) mass is 249 g/mol. The lowest BCUT2D eigenvalue weighted by Crippen LogP contribution is -2.26. The normalized spacial score (nSPS) is 22.4. The van der Waals surface area contributed by atoms with E-state index in [0.29, 0.717) is 18.8 Å². The van der Waals surface area contributed by atoms with Crippen molar-refractivity contribution < 1.29 is 9.47 Å². The molecule has 1 aliphatic heterocycles. The zero-order chi connectivity index (χ0) is 12.6. The largest absolute Gasteiger partial charge is 0.365 e. The summed E-state index contributed by atoms with van der Waals surface area (Å²) in [5.41, 5.74) is 1.45. The first kappa shape index (κ1) is 11.4. The standard InChI is InChI=1S/C11H15N5O2/c1-11(2)17-4-7(18-11)3-12-9-8-10(14-5-13-8)16-6-15-9/h5-7H,3-4H2,1-2H3,(H2,12,13,14,15,16). The summed E-state index contributed by atoms with van der Waals surface area (Å²) in [4.78, 5) is 15.3. The fourth-order valence-electron chi connectivity index (χ4n) is 1.97. The number of imidazole rings is 1. The predicted molar refractivity (Wildman–Crippen MR) is 65.1 cm³/mol. The maximum Gasteiger partial charge on any atom is 0.182 e. The van der Waals surface area contributed by atoms with Crippen molar-refractivity contribution in [3.8, 4) is 0 Å². The van der Waals surface area contributed by atoms with Gasteiger partial charge in [-0.2, -0.15) is 0 Å². The van der Waals surface area contributed by atoms with E-state index in [2.05, 4.69) is 25.3 Å². The molecule has 3 rings (SSSR count). The van der Waals surface area contributed by atoms with E-state index in [-0.39, 0.29) is 6.10 Å². The van der Waals surface area contributed by atoms with Gasteiger partial charge in [0.05, 0.1) is 12.9 Å². The van der Waals surface area contributed by atoms with Gasteiger partial charge in [0.1, 0.15) is 17.9 Å². The Morgan fingerprint density at radius 2 is 2.33 bits per heavy atom. The third-order valence-corrected chi connectivity index (χ3v) is 2.79. The molecule has 0 amide bonds. The molecule has 3 heterocycles. The van der Waals surface area contributed by atoms with Crippen LogP contribution < -0.4 is 5.32 Å². The van der Waals surface area contributed by atoms with E-state index in [1.807, 2.05) is 13.8 Å². The smallest absolute Gasteiger partial charge is 0.182 e. The summed E-state index contributed by atoms with van der Waals surface area (Å²) >= 11 is 0. The molecule has 0 aromatic carbocycles. The lowest BCUT2D eigenvalue weighted by Gasteiger charge is -2.17. The second-order valence-corrected chi connectivity index (χ2v) is 4.66. The zero-order valence-corrected chi connectivity index (χ0v) is 10.3. The van der Waals surface area contributed by atoms with E-state index >= 15 is 0 Å². The topological polar surface area (TPSA) is 85.0 Å². The zero-order valence-electron chi connectivity index (χ0n) is 10.3. The number of aromatic nitrogens is 4. The van der Waals surface area contributed by atoms with Crippen LogP contribution in [-0.4, -0.2) is 45.0 Å². The lowest BCUT2D eigenvalue weighted by atomic mass is 10.3. The average Bonchev–Trinajstić information content (AvgIpc) is 2.92. The fraction of sp³-hybridized carbons (Fsp3) is 0.545. The van der Waals surface area contributed by atoms with Gasteiger partial charge in [-0.3, -0.25) is 0 Å². The molecular weight excluding hydrogens is 234 g/mol. The number of ether oxygens (including phenoxy) is 2. The number of rotatable bonds is 3. The van der Waals surface area contributed by atoms with Gasteiger partial charge in [0, 0.05) is 6.54 Å². The summed E-state index contributed by atoms with van der Waals surface area (Å²) in [5, 5.41) is 3.23. The molecule has 1 saturated heterocycles. The Labute approximate surface area is 104 Å². The van der Waals surface area contributed by atoms with E-state index < -0.39 is 5.79 Å². The molecule has 7 nitrogen and oxygen atoms in total. The van der Waals surface area contributed by atoms with Crippen molar-refractivity contribution in [3.63, 3.8) is 0 Å². The van der Waals surface area contributed by atoms with Crippen LogP contribution in [0.4, 0.5) is 5.82 Å². The Morgan fingerprint density at radius 1 is 1.44 bits per heavy atom. The van der Waals surface area contributed by atoms with Gasteiger partial charge in [-0.05, 0) is 13.8 Å². The first-order valence-electron chi connectivity index (χ1n) is 5.84. The molecule has 0 spiro atoms. The average molecular weight is 249 g/mol. The highest BCUT2D eigenvalue weighted by Gasteiger charge is 2.32. The molecule has 2 aromatic rings. The molecule has 1 fully saturated rings. The van der Waals surface area contributed by atoms with E-state index in [4.69, 9.17) is 9.47 Å². The Balaban J connectivity index is 1.69. The van der Waals surface area contributed by atoms with E-state index in [1.54, 1.807) is 6.33 Å². The molecule has 0 radical (unpaired) electrons. The van der Waals surface area contributed by atoms with Crippen molar-refractivity contribution in [2.75, 3.05) is 18.5 Å². The van der Waals surface area contributed by atoms with Gasteiger partial charge in [0.2, 0.25) is 0 Å². The van der Waals surface area contributed by atoms with Gasteiger partial charge >= 0.3 is 0 Å². The van der Waals surface area contributed by atoms with Crippen molar-refractivity contribution in [1.29, 1.82) is 0 Å². The van der Waals surface area contributed by atoms with Crippen LogP contribution >= 0.6 is 0 Å². The molecule has 0 bridgehead atoms. The van der Waals surface area contributed by atoms with Crippen molar-refractivity contribution in [3.05, 3.63) is 12.7 Å². The molecule has 2 N–H and O–H groups in total. The van der Waals surface area contributed by atoms with Crippen LogP contribution in [0.2, 0.25) is 0 Å². The number of hydrogen-bond donors (Lipinski definition) is 2. The van der Waals surface area contributed by atoms with Gasteiger partial charge < -0.3 is 19.8 Å². The third kappa shape index (κ3) is 2.14. The minimum atomic E-state index is -0.499. The van der Waals surface area contributed by atoms with Crippen LogP contribution in [0.25, 0.3) is 11.2 Å². The van der Waals surface area contributed by atoms with Crippen LogP contribution in [0.1, 0.15) is 13.8 Å². The third-order valence-electron chi connectivity index (χ3n) is 2.79. The summed E-state index contributed by atoms with van der Waals surface area (Å²) < 4.78 is 11.2. The second-order valence-electron chi connectivity index (χ2n) is 4.66. The number of aromatic amines is 1. The first-order valence-corrected chi connectivity index (χ1v) is 5.84. The molecule has 2 aromatic heterocycles. The molecule has 96 valence electrons. The number of nitrogens with one attached hydrogen (secondary N) is 2. The molecule has 7 heteroatoms. The second kappa shape index (κ2) is 4.18. The molecular formula is C11H15N5O2. The molecule has 0 aliphatic carbocycles. The van der Waals surface area contributed by atoms with Gasteiger partial charge in [0.15, 0.2) is 17.3 Å². The van der Waals surface area contributed by atoms with Gasteiger partial charge in [-0.1, -0.05) is 0 Å². The van der Waals surface area contributed by atoms with E-state index in [1.165, 1.54) is 6.33 Å². The minimum Gasteiger partial charge on any atom is -0.365 e. The summed E-state index contributed by atoms with van der Waals surface area (Å²) in [7, 11) is 0. The van der Waals surface area contributed by atoms with Crippen LogP contribution in [0.15, 0.2) is 12.7 Å². The Kier molecular flexibility index (Phi) is 2.64. The van der Waals surface area contributed by atoms with Crippen molar-refractivity contribution in [2.24, 2.45) is 0 Å². The maximum absolute atomic E-state index is 5.71. The summed E-state index contributed by atoms with van der Waals surface area (Å²) in [6.07, 6.45) is 3.11. The van der Waals surface area contributed by atoms with Crippen molar-refractivity contribution in [2.45, 2.75) is 25.7 Å². The van der Waals surface area contributed by atoms with Gasteiger partial charge in [0.25, 0.3) is 0 Å². The Hall–Kier alpha value is -1.73. The highest BCUT2D eigenvalue weighted by Crippen LogP contribution is 2.23. The number of anilines is 1. The van der Waals surface area contributed by atoms with E-state index in [9.17, 15) is 0 Å². The van der Waals surface area contributed by atoms with Gasteiger partial charge in [-0.15, -0.1) is 0 Å². The Morgan fingerprint density at radius 3 is 3.11 bits per heavy atom. The highest BCUT2D eigenvalue weighted by atomic mass is 16.7.